The van der Waals surface area contributed by atoms with Gasteiger partial charge in [-0.3, -0.25) is 4.90 Å². The first-order valence-electron chi connectivity index (χ1n) is 10.2. The van der Waals surface area contributed by atoms with Crippen LogP contribution in [0.25, 0.3) is 16.5 Å². The van der Waals surface area contributed by atoms with Crippen LogP contribution >= 0.6 is 0 Å². The number of ether oxygens (including phenoxy) is 1. The summed E-state index contributed by atoms with van der Waals surface area (Å²) in [5.74, 6) is 1.11. The third kappa shape index (κ3) is 3.74. The quantitative estimate of drug-likeness (QED) is 0.445. The van der Waals surface area contributed by atoms with Crippen LogP contribution in [-0.2, 0) is 14.3 Å². The van der Waals surface area contributed by atoms with Crippen molar-refractivity contribution in [3.05, 3.63) is 36.1 Å². The van der Waals surface area contributed by atoms with Crippen molar-refractivity contribution in [3.8, 4) is 5.75 Å². The molecular formula is C21H24F3NO5S. The molecule has 2 atom stereocenters. The van der Waals surface area contributed by atoms with Crippen LogP contribution in [0.2, 0.25) is 0 Å². The average molecular weight is 459 g/mol. The van der Waals surface area contributed by atoms with Crippen LogP contribution in [0, 0.1) is 0 Å². The monoisotopic (exact) mass is 459 g/mol. The lowest BCUT2D eigenvalue weighted by molar-refractivity contribution is -0.0909. The van der Waals surface area contributed by atoms with E-state index in [9.17, 15) is 21.6 Å². The van der Waals surface area contributed by atoms with E-state index in [-0.39, 0.29) is 18.5 Å². The fourth-order valence-corrected chi connectivity index (χ4v) is 5.42. The van der Waals surface area contributed by atoms with Crippen LogP contribution in [0.15, 0.2) is 34.8 Å². The summed E-state index contributed by atoms with van der Waals surface area (Å²) in [5, 5.41) is 0.747. The minimum Gasteiger partial charge on any atom is -0.493 e. The van der Waals surface area contributed by atoms with Gasteiger partial charge in [0.05, 0.1) is 12.0 Å². The van der Waals surface area contributed by atoms with Gasteiger partial charge in [-0.2, -0.15) is 21.6 Å². The summed E-state index contributed by atoms with van der Waals surface area (Å²) in [6.45, 7) is 5.96. The lowest BCUT2D eigenvalue weighted by Gasteiger charge is -2.44. The summed E-state index contributed by atoms with van der Waals surface area (Å²) in [5.41, 5.74) is -6.00. The molecule has 0 saturated carbocycles. The number of furan rings is 1. The Kier molecular flexibility index (Phi) is 5.38. The number of halogens is 3. The van der Waals surface area contributed by atoms with Crippen LogP contribution in [0.4, 0.5) is 13.2 Å². The molecule has 2 bridgehead atoms. The van der Waals surface area contributed by atoms with E-state index in [4.69, 9.17) is 13.3 Å². The van der Waals surface area contributed by atoms with Crippen molar-refractivity contribution in [1.82, 2.24) is 4.90 Å². The van der Waals surface area contributed by atoms with Crippen LogP contribution in [0.1, 0.15) is 45.8 Å². The van der Waals surface area contributed by atoms with Gasteiger partial charge in [-0.1, -0.05) is 6.07 Å². The second kappa shape index (κ2) is 7.53. The van der Waals surface area contributed by atoms with Crippen molar-refractivity contribution in [2.45, 2.75) is 63.4 Å². The van der Waals surface area contributed by atoms with Gasteiger partial charge in [0, 0.05) is 12.1 Å². The molecule has 2 unspecified atom stereocenters. The van der Waals surface area contributed by atoms with Crippen molar-refractivity contribution < 1.29 is 34.9 Å². The first kappa shape index (κ1) is 22.2. The van der Waals surface area contributed by atoms with Crippen LogP contribution in [0.3, 0.4) is 0 Å². The number of benzene rings is 1. The first-order chi connectivity index (χ1) is 14.5. The molecule has 6 nitrogen and oxygen atoms in total. The zero-order chi connectivity index (χ0) is 22.6. The third-order valence-electron chi connectivity index (χ3n) is 5.75. The maximum absolute atomic E-state index is 13.1. The average Bonchev–Trinajstić information content (AvgIpc) is 3.19. The Morgan fingerprint density at radius 2 is 2.06 bits per heavy atom. The summed E-state index contributed by atoms with van der Waals surface area (Å²) in [6.07, 6.45) is 2.64. The predicted octanol–water partition coefficient (Wildman–Crippen LogP) is 5.05. The Morgan fingerprint density at radius 3 is 2.71 bits per heavy atom. The number of hydrogen-bond donors (Lipinski definition) is 0. The molecular weight excluding hydrogens is 435 g/mol. The fraction of sp³-hybridized carbons (Fsp3) is 0.524. The number of nitrogens with zero attached hydrogens (tertiary/aromatic N) is 1. The lowest BCUT2D eigenvalue weighted by Crippen LogP contribution is -2.55. The van der Waals surface area contributed by atoms with Crippen LogP contribution in [-0.4, -0.2) is 43.2 Å². The van der Waals surface area contributed by atoms with Gasteiger partial charge in [0.1, 0.15) is 17.1 Å². The third-order valence-corrected chi connectivity index (χ3v) is 6.83. The van der Waals surface area contributed by atoms with Crippen LogP contribution < -0.4 is 4.74 Å². The van der Waals surface area contributed by atoms with Gasteiger partial charge >= 0.3 is 15.6 Å². The molecule has 2 aromatic rings. The molecule has 0 aliphatic carbocycles. The van der Waals surface area contributed by atoms with E-state index >= 15 is 0 Å². The fourth-order valence-electron chi connectivity index (χ4n) is 4.73. The number of hydrogen-bond acceptors (Lipinski definition) is 6. The van der Waals surface area contributed by atoms with Crippen molar-refractivity contribution in [2.75, 3.05) is 6.61 Å². The molecule has 31 heavy (non-hydrogen) atoms. The zero-order valence-corrected chi connectivity index (χ0v) is 18.2. The molecule has 0 radical (unpaired) electrons. The topological polar surface area (TPSA) is 69.0 Å². The Hall–Kier alpha value is -2.04. The summed E-state index contributed by atoms with van der Waals surface area (Å²) in [6, 6.07) is 6.78. The molecule has 10 heteroatoms. The molecule has 0 N–H and O–H groups in total. The van der Waals surface area contributed by atoms with Crippen LogP contribution in [0.5, 0.6) is 5.75 Å². The largest absolute Gasteiger partial charge is 0.523 e. The highest BCUT2D eigenvalue weighted by molar-refractivity contribution is 7.87. The summed E-state index contributed by atoms with van der Waals surface area (Å²) >= 11 is 0. The number of fused-ring (bicyclic) bond motifs is 3. The highest BCUT2D eigenvalue weighted by Gasteiger charge is 2.58. The van der Waals surface area contributed by atoms with Gasteiger partial charge in [0.2, 0.25) is 0 Å². The second-order valence-electron chi connectivity index (χ2n) is 8.11. The second-order valence-corrected chi connectivity index (χ2v) is 9.64. The SMILES string of the molecule is CCOc1cccc2oc(C3=CC4(OS(=O)(=O)C(F)(F)F)CCC(C3)N4C(C)C)cc12. The molecule has 1 fully saturated rings. The molecule has 3 heterocycles. The van der Waals surface area contributed by atoms with E-state index in [1.807, 2.05) is 26.8 Å². The first-order valence-corrected chi connectivity index (χ1v) is 11.6. The van der Waals surface area contributed by atoms with E-state index < -0.39 is 21.4 Å². The Balaban J connectivity index is 1.81. The molecule has 1 aromatic heterocycles. The molecule has 0 amide bonds. The van der Waals surface area contributed by atoms with Gasteiger partial charge in [-0.05, 0) is 69.9 Å². The van der Waals surface area contributed by atoms with Gasteiger partial charge in [-0.25, -0.2) is 4.18 Å². The molecule has 2 aliphatic heterocycles. The zero-order valence-electron chi connectivity index (χ0n) is 17.4. The normalized spacial score (nSPS) is 24.7. The molecule has 4 rings (SSSR count). The van der Waals surface area contributed by atoms with Crippen molar-refractivity contribution in [1.29, 1.82) is 0 Å². The maximum Gasteiger partial charge on any atom is 0.523 e. The molecule has 2 aliphatic rings. The van der Waals surface area contributed by atoms with E-state index in [0.717, 1.165) is 5.39 Å². The van der Waals surface area contributed by atoms with Gasteiger partial charge in [0.15, 0.2) is 5.72 Å². The van der Waals surface area contributed by atoms with E-state index in [0.29, 0.717) is 42.1 Å². The molecule has 1 saturated heterocycles. The van der Waals surface area contributed by atoms with Crippen molar-refractivity contribution in [3.63, 3.8) is 0 Å². The van der Waals surface area contributed by atoms with E-state index in [2.05, 4.69) is 0 Å². The highest BCUT2D eigenvalue weighted by Crippen LogP contribution is 2.49. The van der Waals surface area contributed by atoms with Crippen molar-refractivity contribution >= 4 is 26.7 Å². The molecule has 0 spiro atoms. The van der Waals surface area contributed by atoms with Gasteiger partial charge in [0.25, 0.3) is 0 Å². The molecule has 1 aromatic carbocycles. The lowest BCUT2D eigenvalue weighted by atomic mass is 9.96. The Bertz CT molecular complexity index is 1120. The van der Waals surface area contributed by atoms with Gasteiger partial charge in [-0.15, -0.1) is 0 Å². The molecule has 170 valence electrons. The van der Waals surface area contributed by atoms with E-state index in [1.54, 1.807) is 23.1 Å². The summed E-state index contributed by atoms with van der Waals surface area (Å²) in [4.78, 5) is 1.72. The summed E-state index contributed by atoms with van der Waals surface area (Å²) in [7, 11) is -5.79. The minimum absolute atomic E-state index is 0.138. The standard InChI is InChI=1S/C21H24F3NO5S/c1-4-28-17-6-5-7-18-16(17)11-19(29-18)14-10-15-8-9-20(12-14,25(15)13(2)3)30-31(26,27)21(22,23)24/h5-7,11-13,15H,4,8-10H2,1-3H3. The van der Waals surface area contributed by atoms with Crippen molar-refractivity contribution in [2.24, 2.45) is 0 Å². The Morgan fingerprint density at radius 1 is 1.32 bits per heavy atom. The number of alkyl halides is 3. The predicted molar refractivity (Wildman–Crippen MR) is 109 cm³/mol. The summed E-state index contributed by atoms with van der Waals surface area (Å²) < 4.78 is 79.7. The smallest absolute Gasteiger partial charge is 0.493 e. The Labute approximate surface area is 178 Å². The van der Waals surface area contributed by atoms with E-state index in [1.165, 1.54) is 6.08 Å². The maximum atomic E-state index is 13.1. The number of rotatable bonds is 6. The highest BCUT2D eigenvalue weighted by atomic mass is 32.2. The minimum atomic E-state index is -5.79. The van der Waals surface area contributed by atoms with Gasteiger partial charge < -0.3 is 9.15 Å².